The highest BCUT2D eigenvalue weighted by molar-refractivity contribution is 5.61. The van der Waals surface area contributed by atoms with Crippen molar-refractivity contribution in [2.24, 2.45) is 10.9 Å². The number of rotatable bonds is 0. The molecule has 1 heteroatoms. The molecule has 0 N–H and O–H groups in total. The maximum atomic E-state index is 4.29. The first-order valence-corrected chi connectivity index (χ1v) is 3.32. The zero-order valence-electron chi connectivity index (χ0n) is 5.59. The van der Waals surface area contributed by atoms with Gasteiger partial charge in [-0.15, -0.1) is 0 Å². The van der Waals surface area contributed by atoms with Gasteiger partial charge in [0.15, 0.2) is 0 Å². The molecule has 0 saturated heterocycles. The van der Waals surface area contributed by atoms with Gasteiger partial charge in [-0.1, -0.05) is 6.92 Å². The van der Waals surface area contributed by atoms with Gasteiger partial charge in [0.2, 0.25) is 0 Å². The van der Waals surface area contributed by atoms with E-state index in [-0.39, 0.29) is 0 Å². The minimum Gasteiger partial charge on any atom is -0.294 e. The van der Waals surface area contributed by atoms with Crippen molar-refractivity contribution >= 4 is 6.21 Å². The van der Waals surface area contributed by atoms with Gasteiger partial charge in [0.05, 0.1) is 0 Å². The van der Waals surface area contributed by atoms with Crippen molar-refractivity contribution in [1.82, 2.24) is 0 Å². The molecule has 0 spiro atoms. The predicted molar refractivity (Wildman–Crippen MR) is 36.4 cm³/mol. The van der Waals surface area contributed by atoms with Gasteiger partial charge in [0, 0.05) is 12.3 Å². The molecule has 0 aliphatic carbocycles. The smallest absolute Gasteiger partial charge is 0.0467 e. The second kappa shape index (κ2) is 2.29. The van der Waals surface area contributed by atoms with Crippen molar-refractivity contribution in [3.8, 4) is 0 Å². The van der Waals surface area contributed by atoms with Crippen molar-refractivity contribution < 1.29 is 0 Å². The van der Waals surface area contributed by atoms with Crippen molar-refractivity contribution in [3.05, 3.63) is 0 Å². The number of hydrogen-bond acceptors (Lipinski definition) is 1. The summed E-state index contributed by atoms with van der Waals surface area (Å²) < 4.78 is 0. The van der Waals surface area contributed by atoms with Crippen LogP contribution in [0.4, 0.5) is 0 Å². The van der Waals surface area contributed by atoms with Crippen LogP contribution >= 0.6 is 0 Å². The molecule has 46 valence electrons. The van der Waals surface area contributed by atoms with Gasteiger partial charge in [0.25, 0.3) is 0 Å². The molecular formula is C7H13N. The van der Waals surface area contributed by atoms with Gasteiger partial charge in [-0.25, -0.2) is 0 Å². The zero-order chi connectivity index (χ0) is 5.98. The van der Waals surface area contributed by atoms with E-state index in [1.807, 2.05) is 0 Å². The van der Waals surface area contributed by atoms with E-state index in [0.717, 1.165) is 5.92 Å². The number of aliphatic imine (C=N–C) groups is 1. The molecule has 1 rings (SSSR count). The molecule has 1 aliphatic rings. The lowest BCUT2D eigenvalue weighted by molar-refractivity contribution is 0.543. The average Bonchev–Trinajstić information content (AvgIpc) is 1.77. The Kier molecular flexibility index (Phi) is 1.66. The Bertz CT molecular complexity index is 84.6. The Labute approximate surface area is 50.8 Å². The van der Waals surface area contributed by atoms with Crippen LogP contribution in [0.5, 0.6) is 0 Å². The number of hydrogen-bond donors (Lipinski definition) is 0. The van der Waals surface area contributed by atoms with Gasteiger partial charge in [0.1, 0.15) is 0 Å². The van der Waals surface area contributed by atoms with Crippen LogP contribution in [0.2, 0.25) is 0 Å². The standard InChI is InChI=1S/C7H13N/c1-6-3-4-7(2)8-5-6/h5-7H,3-4H2,1-2H3. The molecule has 0 aromatic carbocycles. The molecule has 0 saturated carbocycles. The molecule has 8 heavy (non-hydrogen) atoms. The molecular weight excluding hydrogens is 98.1 g/mol. The van der Waals surface area contributed by atoms with E-state index < -0.39 is 0 Å². The average molecular weight is 111 g/mol. The maximum absolute atomic E-state index is 4.29. The summed E-state index contributed by atoms with van der Waals surface area (Å²) in [7, 11) is 0. The van der Waals surface area contributed by atoms with E-state index in [0.29, 0.717) is 6.04 Å². The zero-order valence-corrected chi connectivity index (χ0v) is 5.59. The molecule has 2 unspecified atom stereocenters. The van der Waals surface area contributed by atoms with E-state index in [9.17, 15) is 0 Å². The Morgan fingerprint density at radius 2 is 2.12 bits per heavy atom. The van der Waals surface area contributed by atoms with Crippen LogP contribution in [-0.2, 0) is 0 Å². The lowest BCUT2D eigenvalue weighted by Gasteiger charge is -2.14. The maximum Gasteiger partial charge on any atom is 0.0467 e. The summed E-state index contributed by atoms with van der Waals surface area (Å²) in [5, 5.41) is 0. The van der Waals surface area contributed by atoms with Crippen molar-refractivity contribution in [2.75, 3.05) is 0 Å². The SMILES string of the molecule is CC1C=NC(C)CC1. The summed E-state index contributed by atoms with van der Waals surface area (Å²) in [5.74, 6) is 0.728. The van der Waals surface area contributed by atoms with Crippen LogP contribution in [-0.4, -0.2) is 12.3 Å². The molecule has 0 aromatic heterocycles. The van der Waals surface area contributed by atoms with Crippen LogP contribution in [0, 0.1) is 5.92 Å². The van der Waals surface area contributed by atoms with Crippen molar-refractivity contribution in [1.29, 1.82) is 0 Å². The fraction of sp³-hybridized carbons (Fsp3) is 0.857. The molecule has 0 bridgehead atoms. The number of nitrogens with zero attached hydrogens (tertiary/aromatic N) is 1. The van der Waals surface area contributed by atoms with Gasteiger partial charge in [-0.3, -0.25) is 4.99 Å². The molecule has 0 aromatic rings. The molecule has 1 heterocycles. The summed E-state index contributed by atoms with van der Waals surface area (Å²) in [6, 6.07) is 0.589. The lowest BCUT2D eigenvalue weighted by atomic mass is 10.0. The first-order valence-electron chi connectivity index (χ1n) is 3.32. The highest BCUT2D eigenvalue weighted by Crippen LogP contribution is 2.13. The van der Waals surface area contributed by atoms with Crippen molar-refractivity contribution in [3.63, 3.8) is 0 Å². The first-order chi connectivity index (χ1) is 3.79. The predicted octanol–water partition coefficient (Wildman–Crippen LogP) is 1.88. The molecule has 1 nitrogen and oxygen atoms in total. The van der Waals surface area contributed by atoms with Crippen LogP contribution in [0.3, 0.4) is 0 Å². The Morgan fingerprint density at radius 1 is 1.38 bits per heavy atom. The topological polar surface area (TPSA) is 12.4 Å². The summed E-state index contributed by atoms with van der Waals surface area (Å²) in [4.78, 5) is 4.29. The third-order valence-electron chi connectivity index (χ3n) is 1.63. The fourth-order valence-electron chi connectivity index (χ4n) is 0.947. The largest absolute Gasteiger partial charge is 0.294 e. The summed E-state index contributed by atoms with van der Waals surface area (Å²) >= 11 is 0. The minimum absolute atomic E-state index is 0.589. The molecule has 1 aliphatic heterocycles. The second-order valence-corrected chi connectivity index (χ2v) is 2.70. The van der Waals surface area contributed by atoms with E-state index >= 15 is 0 Å². The normalized spacial score (nSPS) is 37.8. The second-order valence-electron chi connectivity index (χ2n) is 2.70. The fourth-order valence-corrected chi connectivity index (χ4v) is 0.947. The quantitative estimate of drug-likeness (QED) is 0.452. The van der Waals surface area contributed by atoms with Crippen molar-refractivity contribution in [2.45, 2.75) is 32.7 Å². The summed E-state index contributed by atoms with van der Waals surface area (Å²) in [6.07, 6.45) is 4.68. The highest BCUT2D eigenvalue weighted by atomic mass is 14.8. The monoisotopic (exact) mass is 111 g/mol. The molecule has 2 atom stereocenters. The van der Waals surface area contributed by atoms with Crippen LogP contribution in [0.1, 0.15) is 26.7 Å². The van der Waals surface area contributed by atoms with Gasteiger partial charge < -0.3 is 0 Å². The first kappa shape index (κ1) is 5.80. The summed E-state index contributed by atoms with van der Waals surface area (Å²) in [6.45, 7) is 4.39. The van der Waals surface area contributed by atoms with Gasteiger partial charge in [-0.2, -0.15) is 0 Å². The Hall–Kier alpha value is -0.330. The third kappa shape index (κ3) is 1.32. The minimum atomic E-state index is 0.589. The molecule has 0 amide bonds. The highest BCUT2D eigenvalue weighted by Gasteiger charge is 2.07. The van der Waals surface area contributed by atoms with E-state index in [1.165, 1.54) is 12.8 Å². The Morgan fingerprint density at radius 3 is 2.50 bits per heavy atom. The van der Waals surface area contributed by atoms with E-state index in [1.54, 1.807) is 0 Å². The summed E-state index contributed by atoms with van der Waals surface area (Å²) in [5.41, 5.74) is 0. The van der Waals surface area contributed by atoms with Crippen LogP contribution in [0.15, 0.2) is 4.99 Å². The lowest BCUT2D eigenvalue weighted by Crippen LogP contribution is -2.10. The molecule has 0 fully saturated rings. The van der Waals surface area contributed by atoms with Crippen LogP contribution in [0.25, 0.3) is 0 Å². The van der Waals surface area contributed by atoms with E-state index in [4.69, 9.17) is 0 Å². The van der Waals surface area contributed by atoms with Gasteiger partial charge in [-0.05, 0) is 25.7 Å². The molecule has 0 radical (unpaired) electrons. The van der Waals surface area contributed by atoms with Gasteiger partial charge >= 0.3 is 0 Å². The third-order valence-corrected chi connectivity index (χ3v) is 1.63. The van der Waals surface area contributed by atoms with E-state index in [2.05, 4.69) is 25.1 Å². The van der Waals surface area contributed by atoms with Crippen LogP contribution < -0.4 is 0 Å². The Balaban J connectivity index is 2.42.